The van der Waals surface area contributed by atoms with Gasteiger partial charge in [0.1, 0.15) is 5.41 Å². The fourth-order valence-corrected chi connectivity index (χ4v) is 10.0. The monoisotopic (exact) mass is 208 g/mol. The van der Waals surface area contributed by atoms with Crippen molar-refractivity contribution >= 4 is 17.1 Å². The Bertz CT molecular complexity index is 130. The Morgan fingerprint density at radius 1 is 1.08 bits per heavy atom. The number of rotatable bonds is 4. The fourth-order valence-electron chi connectivity index (χ4n) is 1.51. The van der Waals surface area contributed by atoms with E-state index in [4.69, 9.17) is 18.3 Å². The maximum absolute atomic E-state index is 5.40. The fraction of sp³-hybridized carbons (Fsp3) is 1.00. The van der Waals surface area contributed by atoms with Crippen molar-refractivity contribution in [3.05, 3.63) is 0 Å². The molecule has 1 aliphatic heterocycles. The Balaban J connectivity index is 2.52. The van der Waals surface area contributed by atoms with E-state index in [9.17, 15) is 0 Å². The van der Waals surface area contributed by atoms with Crippen molar-refractivity contribution < 1.29 is 18.3 Å². The van der Waals surface area contributed by atoms with Gasteiger partial charge >= 0.3 is 8.08 Å². The van der Waals surface area contributed by atoms with Crippen LogP contribution in [0, 0.1) is 0 Å². The normalized spacial score (nSPS) is 27.0. The summed E-state index contributed by atoms with van der Waals surface area (Å²) in [6.07, 6.45) is 0. The Kier molecular flexibility index (Phi) is 3.08. The molecule has 0 aromatic heterocycles. The summed E-state index contributed by atoms with van der Waals surface area (Å²) in [5.74, 6) is 0. The van der Waals surface area contributed by atoms with Gasteiger partial charge in [0.15, 0.2) is 9.04 Å². The molecule has 0 amide bonds. The lowest BCUT2D eigenvalue weighted by Gasteiger charge is -2.49. The molecular formula is C6H16O4Si2. The third kappa shape index (κ3) is 1.50. The second kappa shape index (κ2) is 3.56. The highest BCUT2D eigenvalue weighted by Crippen LogP contribution is 2.36. The van der Waals surface area contributed by atoms with Crippen LogP contribution >= 0.6 is 0 Å². The highest BCUT2D eigenvalue weighted by atomic mass is 29.2. The first-order valence-electron chi connectivity index (χ1n) is 3.86. The molecule has 6 heteroatoms. The van der Waals surface area contributed by atoms with Crippen molar-refractivity contribution in [2.24, 2.45) is 0 Å². The molecular weight excluding hydrogens is 192 g/mol. The Hall–Kier alpha value is 0.274. The average molecular weight is 208 g/mol. The second-order valence-corrected chi connectivity index (χ2v) is 11.7. The van der Waals surface area contributed by atoms with E-state index in [0.717, 1.165) is 6.04 Å². The van der Waals surface area contributed by atoms with E-state index in [1.54, 1.807) is 28.4 Å². The van der Waals surface area contributed by atoms with Crippen LogP contribution in [0.5, 0.6) is 0 Å². The maximum atomic E-state index is 5.40. The summed E-state index contributed by atoms with van der Waals surface area (Å²) in [5.41, 5.74) is -0.307. The zero-order valence-corrected chi connectivity index (χ0v) is 10.5. The smallest absolute Gasteiger partial charge is 0.319 e. The molecule has 0 bridgehead atoms. The van der Waals surface area contributed by atoms with Gasteiger partial charge < -0.3 is 18.3 Å². The van der Waals surface area contributed by atoms with E-state index in [2.05, 4.69) is 0 Å². The van der Waals surface area contributed by atoms with Crippen molar-refractivity contribution in [2.75, 3.05) is 28.4 Å². The van der Waals surface area contributed by atoms with Crippen LogP contribution in [-0.2, 0) is 18.3 Å². The van der Waals surface area contributed by atoms with E-state index in [0.29, 0.717) is 0 Å². The molecule has 0 saturated carbocycles. The summed E-state index contributed by atoms with van der Waals surface area (Å²) in [5, 5.41) is 0. The van der Waals surface area contributed by atoms with Crippen LogP contribution in [0.3, 0.4) is 0 Å². The summed E-state index contributed by atoms with van der Waals surface area (Å²) in [6, 6.07) is 0.812. The van der Waals surface area contributed by atoms with Crippen molar-refractivity contribution in [1.29, 1.82) is 0 Å². The SMILES string of the molecule is COC1(OC)C[Si](OC)(OC)[SiH2]1. The third-order valence-corrected chi connectivity index (χ3v) is 13.2. The van der Waals surface area contributed by atoms with Gasteiger partial charge in [0, 0.05) is 34.5 Å². The molecule has 1 heterocycles. The molecule has 0 unspecified atom stereocenters. The van der Waals surface area contributed by atoms with Crippen molar-refractivity contribution in [3.8, 4) is 0 Å². The van der Waals surface area contributed by atoms with Crippen LogP contribution in [0.4, 0.5) is 0 Å². The van der Waals surface area contributed by atoms with E-state index in [-0.39, 0.29) is 5.41 Å². The molecule has 0 aliphatic carbocycles. The molecule has 0 atom stereocenters. The molecule has 12 heavy (non-hydrogen) atoms. The lowest BCUT2D eigenvalue weighted by Crippen LogP contribution is -2.72. The molecule has 1 aliphatic rings. The first kappa shape index (κ1) is 10.4. The Morgan fingerprint density at radius 3 is 1.75 bits per heavy atom. The topological polar surface area (TPSA) is 36.9 Å². The third-order valence-electron chi connectivity index (χ3n) is 2.57. The second-order valence-electron chi connectivity index (χ2n) is 2.99. The highest BCUT2D eigenvalue weighted by molar-refractivity contribution is 7.23. The van der Waals surface area contributed by atoms with Crippen LogP contribution in [0.25, 0.3) is 0 Å². The van der Waals surface area contributed by atoms with Crippen LogP contribution in [0.1, 0.15) is 0 Å². The Morgan fingerprint density at radius 2 is 1.50 bits per heavy atom. The van der Waals surface area contributed by atoms with Crippen molar-refractivity contribution in [3.63, 3.8) is 0 Å². The molecule has 1 saturated heterocycles. The molecule has 4 nitrogen and oxygen atoms in total. The van der Waals surface area contributed by atoms with Gasteiger partial charge in [0.2, 0.25) is 0 Å². The van der Waals surface area contributed by atoms with Crippen LogP contribution in [0.15, 0.2) is 0 Å². The first-order chi connectivity index (χ1) is 5.66. The minimum atomic E-state index is -1.78. The Labute approximate surface area is 76.0 Å². The highest BCUT2D eigenvalue weighted by Gasteiger charge is 2.61. The summed E-state index contributed by atoms with van der Waals surface area (Å²) in [7, 11) is 4.49. The standard InChI is InChI=1S/C6H16O4Si2/c1-7-6(8-2)5-12(9-3,10-4)11-6/h5,11H2,1-4H3. The molecule has 1 rings (SSSR count). The lowest BCUT2D eigenvalue weighted by atomic mass is 10.7. The summed E-state index contributed by atoms with van der Waals surface area (Å²) in [6.45, 7) is 0. The molecule has 0 aromatic rings. The van der Waals surface area contributed by atoms with Gasteiger partial charge in [-0.05, 0) is 0 Å². The molecule has 0 radical (unpaired) electrons. The average Bonchev–Trinajstić information content (AvgIpc) is 2.07. The van der Waals surface area contributed by atoms with Gasteiger partial charge in [-0.1, -0.05) is 0 Å². The van der Waals surface area contributed by atoms with Gasteiger partial charge in [-0.3, -0.25) is 0 Å². The van der Waals surface area contributed by atoms with E-state index < -0.39 is 17.1 Å². The predicted molar refractivity (Wildman–Crippen MR) is 49.9 cm³/mol. The summed E-state index contributed by atoms with van der Waals surface area (Å²) < 4.78 is 21.4. The zero-order valence-electron chi connectivity index (χ0n) is 8.05. The zero-order chi connectivity index (χ0) is 9.24. The van der Waals surface area contributed by atoms with E-state index in [1.807, 2.05) is 0 Å². The quantitative estimate of drug-likeness (QED) is 0.454. The van der Waals surface area contributed by atoms with Gasteiger partial charge in [-0.2, -0.15) is 0 Å². The molecule has 1 fully saturated rings. The van der Waals surface area contributed by atoms with Crippen molar-refractivity contribution in [2.45, 2.75) is 11.5 Å². The van der Waals surface area contributed by atoms with Crippen molar-refractivity contribution in [1.82, 2.24) is 0 Å². The number of hydrogen-bond donors (Lipinski definition) is 0. The van der Waals surface area contributed by atoms with Gasteiger partial charge in [-0.15, -0.1) is 0 Å². The van der Waals surface area contributed by atoms with E-state index in [1.165, 1.54) is 0 Å². The summed E-state index contributed by atoms with van der Waals surface area (Å²) >= 11 is 0. The van der Waals surface area contributed by atoms with Gasteiger partial charge in [0.05, 0.1) is 0 Å². The lowest BCUT2D eigenvalue weighted by molar-refractivity contribution is -0.142. The van der Waals surface area contributed by atoms with Crippen LogP contribution in [-0.4, -0.2) is 51.0 Å². The van der Waals surface area contributed by atoms with Crippen LogP contribution < -0.4 is 0 Å². The number of ether oxygens (including phenoxy) is 2. The minimum Gasteiger partial charge on any atom is -0.400 e. The van der Waals surface area contributed by atoms with E-state index >= 15 is 0 Å². The largest absolute Gasteiger partial charge is 0.400 e. The first-order valence-corrected chi connectivity index (χ1v) is 8.92. The molecule has 72 valence electrons. The number of methoxy groups -OCH3 is 2. The number of hydrogen-bond acceptors (Lipinski definition) is 4. The molecule has 0 N–H and O–H groups in total. The van der Waals surface area contributed by atoms with Crippen LogP contribution in [0.2, 0.25) is 6.04 Å². The minimum absolute atomic E-state index is 0.307. The molecule has 0 aromatic carbocycles. The molecule has 0 spiro atoms. The van der Waals surface area contributed by atoms with Gasteiger partial charge in [0.25, 0.3) is 0 Å². The summed E-state index contributed by atoms with van der Waals surface area (Å²) in [4.78, 5) is 0. The maximum Gasteiger partial charge on any atom is 0.319 e. The van der Waals surface area contributed by atoms with Gasteiger partial charge in [-0.25, -0.2) is 0 Å². The predicted octanol–water partition coefficient (Wildman–Crippen LogP) is -0.653.